The van der Waals surface area contributed by atoms with Crippen molar-refractivity contribution in [1.82, 2.24) is 4.90 Å². The summed E-state index contributed by atoms with van der Waals surface area (Å²) in [7, 11) is 0. The third-order valence-corrected chi connectivity index (χ3v) is 4.36. The summed E-state index contributed by atoms with van der Waals surface area (Å²) in [4.78, 5) is 2.70. The van der Waals surface area contributed by atoms with Crippen molar-refractivity contribution < 1.29 is 4.74 Å². The number of likely N-dealkylation sites (tertiary alicyclic amines) is 1. The van der Waals surface area contributed by atoms with Crippen LogP contribution in [0.1, 0.15) is 45.4 Å². The Balaban J connectivity index is 1.64. The van der Waals surface area contributed by atoms with Gasteiger partial charge < -0.3 is 15.4 Å². The van der Waals surface area contributed by atoms with Crippen molar-refractivity contribution in [3.05, 3.63) is 0 Å². The van der Waals surface area contributed by atoms with Gasteiger partial charge in [0.15, 0.2) is 0 Å². The first kappa shape index (κ1) is 13.3. The average molecular weight is 240 g/mol. The summed E-state index contributed by atoms with van der Waals surface area (Å²) in [5.41, 5.74) is 5.47. The molecule has 2 atom stereocenters. The quantitative estimate of drug-likeness (QED) is 0.747. The van der Waals surface area contributed by atoms with Crippen LogP contribution in [0.25, 0.3) is 0 Å². The van der Waals surface area contributed by atoms with Crippen LogP contribution in [0.4, 0.5) is 0 Å². The van der Waals surface area contributed by atoms with E-state index < -0.39 is 0 Å². The molecule has 100 valence electrons. The summed E-state index contributed by atoms with van der Waals surface area (Å²) in [6.45, 7) is 6.47. The molecular formula is C14H28N2O. The Kier molecular flexibility index (Phi) is 5.26. The lowest BCUT2D eigenvalue weighted by molar-refractivity contribution is -0.00183. The molecule has 0 radical (unpaired) electrons. The Morgan fingerprint density at radius 3 is 2.53 bits per heavy atom. The third-order valence-electron chi connectivity index (χ3n) is 4.36. The molecule has 0 amide bonds. The van der Waals surface area contributed by atoms with E-state index in [1.807, 2.05) is 0 Å². The minimum Gasteiger partial charge on any atom is -0.378 e. The summed E-state index contributed by atoms with van der Waals surface area (Å²) in [6, 6.07) is 0.870. The van der Waals surface area contributed by atoms with Crippen LogP contribution in [-0.2, 0) is 4.74 Å². The maximum absolute atomic E-state index is 5.85. The van der Waals surface area contributed by atoms with Crippen LogP contribution >= 0.6 is 0 Å². The molecule has 0 aromatic carbocycles. The molecule has 3 nitrogen and oxygen atoms in total. The van der Waals surface area contributed by atoms with E-state index in [1.165, 1.54) is 45.2 Å². The van der Waals surface area contributed by atoms with E-state index in [9.17, 15) is 0 Å². The second-order valence-corrected chi connectivity index (χ2v) is 5.82. The van der Waals surface area contributed by atoms with Gasteiger partial charge in [0.1, 0.15) is 0 Å². The number of piperidine rings is 1. The third kappa shape index (κ3) is 3.94. The van der Waals surface area contributed by atoms with Gasteiger partial charge in [0.05, 0.1) is 6.10 Å². The number of hydrogen-bond donors (Lipinski definition) is 1. The molecule has 2 unspecified atom stereocenters. The predicted octanol–water partition coefficient (Wildman–Crippen LogP) is 2.00. The van der Waals surface area contributed by atoms with E-state index in [2.05, 4.69) is 11.8 Å². The maximum Gasteiger partial charge on any atom is 0.0599 e. The summed E-state index contributed by atoms with van der Waals surface area (Å²) in [5, 5.41) is 0. The van der Waals surface area contributed by atoms with Crippen molar-refractivity contribution in [2.75, 3.05) is 26.2 Å². The van der Waals surface area contributed by atoms with Gasteiger partial charge in [-0.15, -0.1) is 0 Å². The number of rotatable bonds is 5. The van der Waals surface area contributed by atoms with Crippen LogP contribution in [0.5, 0.6) is 0 Å². The molecule has 1 aliphatic heterocycles. The molecule has 2 rings (SSSR count). The van der Waals surface area contributed by atoms with Gasteiger partial charge in [0, 0.05) is 25.7 Å². The van der Waals surface area contributed by atoms with Crippen LogP contribution in [0, 0.1) is 5.92 Å². The molecule has 2 N–H and O–H groups in total. The number of ether oxygens (including phenoxy) is 1. The van der Waals surface area contributed by atoms with Crippen molar-refractivity contribution in [2.24, 2.45) is 11.7 Å². The number of hydrogen-bond acceptors (Lipinski definition) is 3. The minimum absolute atomic E-state index is 0.497. The lowest BCUT2D eigenvalue weighted by atomic mass is 10.0. The van der Waals surface area contributed by atoms with Gasteiger partial charge in [0.2, 0.25) is 0 Å². The van der Waals surface area contributed by atoms with E-state index in [-0.39, 0.29) is 0 Å². The van der Waals surface area contributed by atoms with E-state index in [0.717, 1.165) is 31.5 Å². The van der Waals surface area contributed by atoms with Crippen molar-refractivity contribution in [3.8, 4) is 0 Å². The van der Waals surface area contributed by atoms with E-state index in [1.54, 1.807) is 0 Å². The fraction of sp³-hybridized carbons (Fsp3) is 1.00. The molecule has 2 aliphatic rings. The second kappa shape index (κ2) is 6.72. The topological polar surface area (TPSA) is 38.5 Å². The molecule has 17 heavy (non-hydrogen) atoms. The van der Waals surface area contributed by atoms with Gasteiger partial charge in [0.25, 0.3) is 0 Å². The lowest BCUT2D eigenvalue weighted by Gasteiger charge is -2.36. The molecule has 1 saturated carbocycles. The summed E-state index contributed by atoms with van der Waals surface area (Å²) < 4.78 is 5.85. The van der Waals surface area contributed by atoms with Gasteiger partial charge in [-0.05, 0) is 51.0 Å². The number of nitrogens with zero attached hydrogens (tertiary/aromatic N) is 1. The standard InChI is InChI=1S/C14H28N2O/c1-12-3-4-13(11-12)16-8-5-14(6-9-16)17-10-2-7-15/h12-14H,2-11,15H2,1H3. The summed E-state index contributed by atoms with van der Waals surface area (Å²) in [6.07, 6.45) is 8.19. The minimum atomic E-state index is 0.497. The van der Waals surface area contributed by atoms with Crippen LogP contribution in [0.3, 0.4) is 0 Å². The summed E-state index contributed by atoms with van der Waals surface area (Å²) >= 11 is 0. The predicted molar refractivity (Wildman–Crippen MR) is 71.0 cm³/mol. The van der Waals surface area contributed by atoms with Crippen LogP contribution < -0.4 is 5.73 Å². The Morgan fingerprint density at radius 1 is 1.18 bits per heavy atom. The first-order valence-corrected chi connectivity index (χ1v) is 7.35. The van der Waals surface area contributed by atoms with Crippen molar-refractivity contribution >= 4 is 0 Å². The van der Waals surface area contributed by atoms with E-state index >= 15 is 0 Å². The molecule has 2 fully saturated rings. The Labute approximate surface area is 106 Å². The highest BCUT2D eigenvalue weighted by Crippen LogP contribution is 2.30. The molecule has 1 saturated heterocycles. The Hall–Kier alpha value is -0.120. The molecular weight excluding hydrogens is 212 g/mol. The zero-order valence-electron chi connectivity index (χ0n) is 11.2. The van der Waals surface area contributed by atoms with E-state index in [4.69, 9.17) is 10.5 Å². The second-order valence-electron chi connectivity index (χ2n) is 5.82. The van der Waals surface area contributed by atoms with Crippen LogP contribution in [0.2, 0.25) is 0 Å². The molecule has 3 heteroatoms. The first-order valence-electron chi connectivity index (χ1n) is 7.35. The van der Waals surface area contributed by atoms with Gasteiger partial charge in [-0.1, -0.05) is 6.92 Å². The highest BCUT2D eigenvalue weighted by atomic mass is 16.5. The molecule has 0 aromatic heterocycles. The average Bonchev–Trinajstić information content (AvgIpc) is 2.77. The first-order chi connectivity index (χ1) is 8.29. The monoisotopic (exact) mass is 240 g/mol. The van der Waals surface area contributed by atoms with Gasteiger partial charge in [-0.2, -0.15) is 0 Å². The SMILES string of the molecule is CC1CCC(N2CCC(OCCCN)CC2)C1. The fourth-order valence-corrected chi connectivity index (χ4v) is 3.25. The van der Waals surface area contributed by atoms with Crippen molar-refractivity contribution in [1.29, 1.82) is 0 Å². The van der Waals surface area contributed by atoms with Crippen molar-refractivity contribution in [2.45, 2.75) is 57.6 Å². The van der Waals surface area contributed by atoms with Crippen LogP contribution in [-0.4, -0.2) is 43.3 Å². The van der Waals surface area contributed by atoms with Crippen molar-refractivity contribution in [3.63, 3.8) is 0 Å². The highest BCUT2D eigenvalue weighted by molar-refractivity contribution is 4.84. The molecule has 1 aliphatic carbocycles. The van der Waals surface area contributed by atoms with Gasteiger partial charge >= 0.3 is 0 Å². The largest absolute Gasteiger partial charge is 0.378 e. The smallest absolute Gasteiger partial charge is 0.0599 e. The molecule has 0 aromatic rings. The zero-order chi connectivity index (χ0) is 12.1. The zero-order valence-corrected chi connectivity index (χ0v) is 11.2. The number of nitrogens with two attached hydrogens (primary N) is 1. The van der Waals surface area contributed by atoms with Crippen LogP contribution in [0.15, 0.2) is 0 Å². The molecule has 0 bridgehead atoms. The highest BCUT2D eigenvalue weighted by Gasteiger charge is 2.29. The maximum atomic E-state index is 5.85. The van der Waals surface area contributed by atoms with Gasteiger partial charge in [-0.25, -0.2) is 0 Å². The van der Waals surface area contributed by atoms with E-state index in [0.29, 0.717) is 6.10 Å². The lowest BCUT2D eigenvalue weighted by Crippen LogP contribution is -2.42. The summed E-state index contributed by atoms with van der Waals surface area (Å²) in [5.74, 6) is 0.943. The normalized spacial score (nSPS) is 32.1. The Morgan fingerprint density at radius 2 is 1.94 bits per heavy atom. The molecule has 1 heterocycles. The van der Waals surface area contributed by atoms with Gasteiger partial charge in [-0.3, -0.25) is 0 Å². The fourth-order valence-electron chi connectivity index (χ4n) is 3.25. The Bertz CT molecular complexity index is 214. The molecule has 0 spiro atoms.